The van der Waals surface area contributed by atoms with Crippen LogP contribution in [0.3, 0.4) is 0 Å². The van der Waals surface area contributed by atoms with Gasteiger partial charge in [-0.15, -0.1) is 23.7 Å². The van der Waals surface area contributed by atoms with E-state index >= 15 is 0 Å². The summed E-state index contributed by atoms with van der Waals surface area (Å²) in [6.45, 7) is 1.30. The van der Waals surface area contributed by atoms with Crippen molar-refractivity contribution in [2.75, 3.05) is 13.1 Å². The number of halogens is 3. The predicted molar refractivity (Wildman–Crippen MR) is 70.1 cm³/mol. The third kappa shape index (κ3) is 2.81. The molecule has 0 aromatic carbocycles. The molecule has 0 bridgehead atoms. The van der Waals surface area contributed by atoms with Crippen LogP contribution in [0.25, 0.3) is 0 Å². The Bertz CT molecular complexity index is 396. The molecule has 1 unspecified atom stereocenters. The quantitative estimate of drug-likeness (QED) is 0.867. The number of hydrogen-bond donors (Lipinski definition) is 1. The molecule has 2 rings (SSSR count). The smallest absolute Gasteiger partial charge is 0.256 e. The minimum atomic E-state index is -0.0731. The van der Waals surface area contributed by atoms with Crippen LogP contribution >= 0.6 is 46.9 Å². The number of nitrogens with zero attached hydrogens (tertiary/aromatic N) is 1. The number of thiophene rings is 1. The van der Waals surface area contributed by atoms with Crippen molar-refractivity contribution in [3.8, 4) is 0 Å². The molecule has 0 spiro atoms. The maximum absolute atomic E-state index is 12.0. The van der Waals surface area contributed by atoms with Crippen molar-refractivity contribution < 1.29 is 4.79 Å². The first-order valence-corrected chi connectivity index (χ1v) is 6.15. The zero-order chi connectivity index (χ0) is 11.0. The molecule has 2 N–H and O–H groups in total. The average molecular weight is 302 g/mol. The molecule has 16 heavy (non-hydrogen) atoms. The first-order valence-electron chi connectivity index (χ1n) is 4.57. The third-order valence-electron chi connectivity index (χ3n) is 2.40. The molecule has 0 saturated carbocycles. The van der Waals surface area contributed by atoms with Crippen LogP contribution in [0, 0.1) is 0 Å². The second-order valence-corrected chi connectivity index (χ2v) is 5.82. The number of rotatable bonds is 1. The first kappa shape index (κ1) is 14.1. The molecule has 0 aliphatic carbocycles. The first-order chi connectivity index (χ1) is 7.08. The summed E-state index contributed by atoms with van der Waals surface area (Å²) in [7, 11) is 0. The van der Waals surface area contributed by atoms with Gasteiger partial charge in [0.15, 0.2) is 0 Å². The van der Waals surface area contributed by atoms with Gasteiger partial charge in [-0.2, -0.15) is 0 Å². The Kier molecular flexibility index (Phi) is 4.88. The minimum absolute atomic E-state index is 0. The van der Waals surface area contributed by atoms with Gasteiger partial charge in [0.25, 0.3) is 5.91 Å². The monoisotopic (exact) mass is 300 g/mol. The number of amides is 1. The molecule has 7 heteroatoms. The fraction of sp³-hybridized carbons (Fsp3) is 0.444. The summed E-state index contributed by atoms with van der Waals surface area (Å²) in [5.74, 6) is -0.0731. The normalized spacial score (nSPS) is 19.7. The van der Waals surface area contributed by atoms with E-state index in [1.165, 1.54) is 11.3 Å². The lowest BCUT2D eigenvalue weighted by Crippen LogP contribution is -2.31. The van der Waals surface area contributed by atoms with Gasteiger partial charge in [-0.1, -0.05) is 23.2 Å². The molecule has 3 nitrogen and oxygen atoms in total. The molecule has 1 aromatic heterocycles. The van der Waals surface area contributed by atoms with E-state index in [4.69, 9.17) is 28.9 Å². The molecule has 1 amide bonds. The Morgan fingerprint density at radius 1 is 1.56 bits per heavy atom. The van der Waals surface area contributed by atoms with E-state index in [9.17, 15) is 4.79 Å². The van der Waals surface area contributed by atoms with Gasteiger partial charge in [-0.25, -0.2) is 0 Å². The minimum Gasteiger partial charge on any atom is -0.337 e. The van der Waals surface area contributed by atoms with Gasteiger partial charge >= 0.3 is 0 Å². The second-order valence-electron chi connectivity index (χ2n) is 3.54. The molecular weight excluding hydrogens is 291 g/mol. The standard InChI is InChI=1S/C9H10Cl2N2OS.ClH/c10-7-3-6(8(11)15-7)9(14)13-2-1-5(12)4-13;/h3,5H,1-2,4,12H2;1H. The maximum Gasteiger partial charge on any atom is 0.256 e. The topological polar surface area (TPSA) is 46.3 Å². The van der Waals surface area contributed by atoms with E-state index in [0.717, 1.165) is 6.42 Å². The lowest BCUT2D eigenvalue weighted by atomic mass is 10.3. The van der Waals surface area contributed by atoms with Crippen molar-refractivity contribution in [3.05, 3.63) is 20.3 Å². The van der Waals surface area contributed by atoms with E-state index in [1.807, 2.05) is 0 Å². The molecule has 1 aromatic rings. The number of likely N-dealkylation sites (tertiary alicyclic amines) is 1. The molecule has 1 saturated heterocycles. The van der Waals surface area contributed by atoms with Gasteiger partial charge in [0.1, 0.15) is 4.34 Å². The summed E-state index contributed by atoms with van der Waals surface area (Å²) in [5, 5.41) is 0. The van der Waals surface area contributed by atoms with Crippen molar-refractivity contribution >= 4 is 52.9 Å². The second kappa shape index (κ2) is 5.56. The van der Waals surface area contributed by atoms with Gasteiger partial charge in [-0.3, -0.25) is 4.79 Å². The lowest BCUT2D eigenvalue weighted by Gasteiger charge is -2.14. The van der Waals surface area contributed by atoms with Gasteiger partial charge < -0.3 is 10.6 Å². The summed E-state index contributed by atoms with van der Waals surface area (Å²) < 4.78 is 0.984. The van der Waals surface area contributed by atoms with Crippen LogP contribution in [-0.4, -0.2) is 29.9 Å². The predicted octanol–water partition coefficient (Wildman–Crippen LogP) is 2.65. The Morgan fingerprint density at radius 2 is 2.25 bits per heavy atom. The summed E-state index contributed by atoms with van der Waals surface area (Å²) in [6, 6.07) is 1.70. The van der Waals surface area contributed by atoms with Crippen LogP contribution in [0.15, 0.2) is 6.07 Å². The van der Waals surface area contributed by atoms with Gasteiger partial charge in [0.2, 0.25) is 0 Å². The van der Waals surface area contributed by atoms with E-state index < -0.39 is 0 Å². The molecule has 1 aliphatic heterocycles. The largest absolute Gasteiger partial charge is 0.337 e. The Morgan fingerprint density at radius 3 is 2.69 bits per heavy atom. The van der Waals surface area contributed by atoms with Crippen LogP contribution in [0.4, 0.5) is 0 Å². The van der Waals surface area contributed by atoms with Crippen molar-refractivity contribution in [3.63, 3.8) is 0 Å². The van der Waals surface area contributed by atoms with Crippen LogP contribution < -0.4 is 5.73 Å². The molecule has 2 heterocycles. The Balaban J connectivity index is 0.00000128. The van der Waals surface area contributed by atoms with Gasteiger partial charge in [0.05, 0.1) is 9.90 Å². The lowest BCUT2D eigenvalue weighted by molar-refractivity contribution is 0.0791. The van der Waals surface area contributed by atoms with Crippen LogP contribution in [0.2, 0.25) is 8.67 Å². The number of carbonyl (C=O) groups excluding carboxylic acids is 1. The summed E-state index contributed by atoms with van der Waals surface area (Å²) >= 11 is 12.9. The van der Waals surface area contributed by atoms with E-state index in [0.29, 0.717) is 27.3 Å². The van der Waals surface area contributed by atoms with Gasteiger partial charge in [-0.05, 0) is 12.5 Å². The van der Waals surface area contributed by atoms with E-state index in [-0.39, 0.29) is 24.4 Å². The summed E-state index contributed by atoms with van der Waals surface area (Å²) in [5.41, 5.74) is 6.22. The Labute approximate surface area is 114 Å². The van der Waals surface area contributed by atoms with Crippen molar-refractivity contribution in [2.24, 2.45) is 5.73 Å². The SMILES string of the molecule is Cl.NC1CCN(C(=O)c2cc(Cl)sc2Cl)C1. The Hall–Kier alpha value is -0.0000000000000000555. The fourth-order valence-corrected chi connectivity index (χ4v) is 3.08. The number of carbonyl (C=O) groups is 1. The highest BCUT2D eigenvalue weighted by Crippen LogP contribution is 2.32. The zero-order valence-electron chi connectivity index (χ0n) is 8.28. The highest BCUT2D eigenvalue weighted by atomic mass is 35.5. The van der Waals surface area contributed by atoms with Gasteiger partial charge in [0, 0.05) is 19.1 Å². The summed E-state index contributed by atoms with van der Waals surface area (Å²) in [6.07, 6.45) is 0.848. The van der Waals surface area contributed by atoms with E-state index in [2.05, 4.69) is 0 Å². The van der Waals surface area contributed by atoms with Crippen LogP contribution in [0.5, 0.6) is 0 Å². The molecule has 90 valence electrons. The molecule has 0 radical (unpaired) electrons. The van der Waals surface area contributed by atoms with Crippen LogP contribution in [0.1, 0.15) is 16.8 Å². The maximum atomic E-state index is 12.0. The zero-order valence-corrected chi connectivity index (χ0v) is 11.4. The number of nitrogens with two attached hydrogens (primary N) is 1. The molecule has 1 aliphatic rings. The number of hydrogen-bond acceptors (Lipinski definition) is 3. The third-order valence-corrected chi connectivity index (χ3v) is 3.89. The highest BCUT2D eigenvalue weighted by Gasteiger charge is 2.26. The van der Waals surface area contributed by atoms with Crippen LogP contribution in [-0.2, 0) is 0 Å². The highest BCUT2D eigenvalue weighted by molar-refractivity contribution is 7.20. The van der Waals surface area contributed by atoms with Crippen molar-refractivity contribution in [1.82, 2.24) is 4.90 Å². The average Bonchev–Trinajstić information content (AvgIpc) is 2.71. The molecular formula is C9H11Cl3N2OS. The van der Waals surface area contributed by atoms with Crippen molar-refractivity contribution in [1.29, 1.82) is 0 Å². The van der Waals surface area contributed by atoms with E-state index in [1.54, 1.807) is 11.0 Å². The molecule has 1 fully saturated rings. The fourth-order valence-electron chi connectivity index (χ4n) is 1.63. The molecule has 1 atom stereocenters. The summed E-state index contributed by atoms with van der Waals surface area (Å²) in [4.78, 5) is 13.7. The van der Waals surface area contributed by atoms with Crippen molar-refractivity contribution in [2.45, 2.75) is 12.5 Å².